The molecule has 0 unspecified atom stereocenters. The van der Waals surface area contributed by atoms with Crippen LogP contribution in [-0.4, -0.2) is 30.9 Å². The Kier molecular flexibility index (Phi) is 4.44. The minimum absolute atomic E-state index is 0.0335. The van der Waals surface area contributed by atoms with Gasteiger partial charge in [-0.15, -0.1) is 0 Å². The molecule has 1 heterocycles. The average molecular weight is 271 g/mol. The maximum atomic E-state index is 11.1. The second-order valence-electron chi connectivity index (χ2n) is 4.28. The van der Waals surface area contributed by atoms with Crippen LogP contribution in [0.25, 0.3) is 0 Å². The van der Waals surface area contributed by atoms with Crippen molar-refractivity contribution in [2.24, 2.45) is 5.92 Å². The van der Waals surface area contributed by atoms with Crippen molar-refractivity contribution in [3.05, 3.63) is 28.8 Å². The summed E-state index contributed by atoms with van der Waals surface area (Å²) < 4.78 is 10.9. The van der Waals surface area contributed by atoms with Crippen LogP contribution in [0.1, 0.15) is 23.2 Å². The lowest BCUT2D eigenvalue weighted by molar-refractivity contribution is 0.0490. The molecule has 0 amide bonds. The summed E-state index contributed by atoms with van der Waals surface area (Å²) in [6.07, 6.45) is 1.89. The zero-order valence-corrected chi connectivity index (χ0v) is 10.7. The van der Waals surface area contributed by atoms with E-state index in [0.717, 1.165) is 26.1 Å². The average Bonchev–Trinajstić information content (AvgIpc) is 2.37. The van der Waals surface area contributed by atoms with Crippen LogP contribution in [0.4, 0.5) is 0 Å². The fourth-order valence-corrected chi connectivity index (χ4v) is 2.20. The van der Waals surface area contributed by atoms with E-state index in [1.165, 1.54) is 0 Å². The molecule has 1 aromatic rings. The molecule has 1 fully saturated rings. The predicted molar refractivity (Wildman–Crippen MR) is 67.4 cm³/mol. The fraction of sp³-hybridized carbons (Fsp3) is 0.462. The Morgan fingerprint density at radius 2 is 2.17 bits per heavy atom. The highest BCUT2D eigenvalue weighted by Gasteiger charge is 2.18. The van der Waals surface area contributed by atoms with E-state index in [2.05, 4.69) is 0 Å². The van der Waals surface area contributed by atoms with E-state index in [1.807, 2.05) is 0 Å². The molecular weight excluding hydrogens is 256 g/mol. The van der Waals surface area contributed by atoms with Crippen LogP contribution in [0.15, 0.2) is 18.2 Å². The first-order valence-electron chi connectivity index (χ1n) is 5.91. The molecule has 1 N–H and O–H groups in total. The molecule has 1 aromatic carbocycles. The lowest BCUT2D eigenvalue weighted by atomic mass is 10.0. The number of ether oxygens (including phenoxy) is 2. The summed E-state index contributed by atoms with van der Waals surface area (Å²) in [6.45, 7) is 1.99. The van der Waals surface area contributed by atoms with Crippen molar-refractivity contribution in [3.63, 3.8) is 0 Å². The van der Waals surface area contributed by atoms with Gasteiger partial charge in [0.05, 0.1) is 11.6 Å². The van der Waals surface area contributed by atoms with E-state index in [-0.39, 0.29) is 10.6 Å². The summed E-state index contributed by atoms with van der Waals surface area (Å²) in [6, 6.07) is 4.87. The van der Waals surface area contributed by atoms with Gasteiger partial charge in [0.2, 0.25) is 0 Å². The summed E-state index contributed by atoms with van der Waals surface area (Å²) in [4.78, 5) is 11.1. The number of carboxylic acids is 1. The number of aromatic carboxylic acids is 1. The van der Waals surface area contributed by atoms with Crippen molar-refractivity contribution in [2.75, 3.05) is 19.8 Å². The van der Waals surface area contributed by atoms with Crippen molar-refractivity contribution < 1.29 is 19.4 Å². The summed E-state index contributed by atoms with van der Waals surface area (Å²) in [5.41, 5.74) is 0.0335. The molecule has 98 valence electrons. The van der Waals surface area contributed by atoms with Gasteiger partial charge in [-0.05, 0) is 30.9 Å². The molecule has 0 atom stereocenters. The molecule has 18 heavy (non-hydrogen) atoms. The molecule has 0 aliphatic carbocycles. The summed E-state index contributed by atoms with van der Waals surface area (Å²) in [5, 5.41) is 9.30. The number of carboxylic acid groups (broad SMARTS) is 1. The van der Waals surface area contributed by atoms with Crippen LogP contribution in [0, 0.1) is 5.92 Å². The molecule has 4 nitrogen and oxygen atoms in total. The van der Waals surface area contributed by atoms with Crippen molar-refractivity contribution in [1.82, 2.24) is 0 Å². The third-order valence-corrected chi connectivity index (χ3v) is 3.32. The van der Waals surface area contributed by atoms with Crippen molar-refractivity contribution in [3.8, 4) is 5.75 Å². The molecule has 5 heteroatoms. The molecule has 0 bridgehead atoms. The lowest BCUT2D eigenvalue weighted by Gasteiger charge is -2.22. The maximum Gasteiger partial charge on any atom is 0.341 e. The van der Waals surface area contributed by atoms with Gasteiger partial charge < -0.3 is 14.6 Å². The Hall–Kier alpha value is -1.26. The molecule has 1 saturated heterocycles. The van der Waals surface area contributed by atoms with Crippen LogP contribution in [-0.2, 0) is 4.74 Å². The molecule has 2 rings (SSSR count). The van der Waals surface area contributed by atoms with E-state index >= 15 is 0 Å². The van der Waals surface area contributed by atoms with Crippen LogP contribution in [0.5, 0.6) is 5.75 Å². The van der Waals surface area contributed by atoms with Gasteiger partial charge in [-0.25, -0.2) is 4.79 Å². The Morgan fingerprint density at radius 1 is 1.44 bits per heavy atom. The smallest absolute Gasteiger partial charge is 0.341 e. The van der Waals surface area contributed by atoms with E-state index < -0.39 is 5.97 Å². The summed E-state index contributed by atoms with van der Waals surface area (Å²) in [7, 11) is 0. The van der Waals surface area contributed by atoms with Gasteiger partial charge in [0.15, 0.2) is 0 Å². The van der Waals surface area contributed by atoms with Crippen molar-refractivity contribution >= 4 is 17.6 Å². The third kappa shape index (κ3) is 3.15. The Bertz CT molecular complexity index is 427. The number of rotatable bonds is 4. The van der Waals surface area contributed by atoms with Gasteiger partial charge in [-0.1, -0.05) is 17.7 Å². The fourth-order valence-electron chi connectivity index (χ4n) is 1.95. The number of carbonyl (C=O) groups is 1. The van der Waals surface area contributed by atoms with Gasteiger partial charge in [0.1, 0.15) is 11.3 Å². The highest BCUT2D eigenvalue weighted by molar-refractivity contribution is 6.33. The molecule has 1 aliphatic rings. The lowest BCUT2D eigenvalue weighted by Crippen LogP contribution is -2.22. The standard InChI is InChI=1S/C13H15ClO4/c14-10-2-1-3-11(12(10)13(15)16)18-8-9-4-6-17-7-5-9/h1-3,9H,4-8H2,(H,15,16). The number of hydrogen-bond acceptors (Lipinski definition) is 3. The zero-order chi connectivity index (χ0) is 13.0. The van der Waals surface area contributed by atoms with Gasteiger partial charge >= 0.3 is 5.97 Å². The molecule has 0 aromatic heterocycles. The van der Waals surface area contributed by atoms with Crippen LogP contribution in [0.3, 0.4) is 0 Å². The second-order valence-corrected chi connectivity index (χ2v) is 4.69. The Labute approximate surface area is 110 Å². The molecule has 1 aliphatic heterocycles. The van der Waals surface area contributed by atoms with Gasteiger partial charge in [-0.3, -0.25) is 0 Å². The molecular formula is C13H15ClO4. The largest absolute Gasteiger partial charge is 0.492 e. The van der Waals surface area contributed by atoms with Crippen LogP contribution >= 0.6 is 11.6 Å². The highest BCUT2D eigenvalue weighted by Crippen LogP contribution is 2.27. The van der Waals surface area contributed by atoms with E-state index in [9.17, 15) is 4.79 Å². The molecule has 0 saturated carbocycles. The number of hydrogen-bond donors (Lipinski definition) is 1. The van der Waals surface area contributed by atoms with Crippen molar-refractivity contribution in [1.29, 1.82) is 0 Å². The van der Waals surface area contributed by atoms with Crippen LogP contribution < -0.4 is 4.74 Å². The molecule has 0 spiro atoms. The van der Waals surface area contributed by atoms with Crippen LogP contribution in [0.2, 0.25) is 5.02 Å². The SMILES string of the molecule is O=C(O)c1c(Cl)cccc1OCC1CCOCC1. The quantitative estimate of drug-likeness (QED) is 0.914. The topological polar surface area (TPSA) is 55.8 Å². The second kappa shape index (κ2) is 6.07. The Morgan fingerprint density at radius 3 is 2.83 bits per heavy atom. The Balaban J connectivity index is 2.04. The van der Waals surface area contributed by atoms with E-state index in [1.54, 1.807) is 18.2 Å². The monoisotopic (exact) mass is 270 g/mol. The minimum atomic E-state index is -1.07. The number of halogens is 1. The predicted octanol–water partition coefficient (Wildman–Crippen LogP) is 2.84. The number of benzene rings is 1. The summed E-state index contributed by atoms with van der Waals surface area (Å²) in [5.74, 6) is -0.316. The first-order chi connectivity index (χ1) is 8.68. The van der Waals surface area contributed by atoms with Gasteiger partial charge in [-0.2, -0.15) is 0 Å². The van der Waals surface area contributed by atoms with E-state index in [4.69, 9.17) is 26.2 Å². The first-order valence-corrected chi connectivity index (χ1v) is 6.28. The minimum Gasteiger partial charge on any atom is -0.492 e. The zero-order valence-electron chi connectivity index (χ0n) is 9.89. The molecule has 0 radical (unpaired) electrons. The van der Waals surface area contributed by atoms with Crippen molar-refractivity contribution in [2.45, 2.75) is 12.8 Å². The maximum absolute atomic E-state index is 11.1. The summed E-state index contributed by atoms with van der Waals surface area (Å²) >= 11 is 5.87. The van der Waals surface area contributed by atoms with E-state index in [0.29, 0.717) is 18.3 Å². The third-order valence-electron chi connectivity index (χ3n) is 3.00. The first kappa shape index (κ1) is 13.2. The van der Waals surface area contributed by atoms with Gasteiger partial charge in [0.25, 0.3) is 0 Å². The normalized spacial score (nSPS) is 16.5. The van der Waals surface area contributed by atoms with Gasteiger partial charge in [0, 0.05) is 13.2 Å². The highest BCUT2D eigenvalue weighted by atomic mass is 35.5.